The van der Waals surface area contributed by atoms with Gasteiger partial charge < -0.3 is 76.6 Å². The van der Waals surface area contributed by atoms with Gasteiger partial charge in [-0.2, -0.15) is 0 Å². The zero-order chi connectivity index (χ0) is 51.9. The van der Waals surface area contributed by atoms with Gasteiger partial charge in [-0.25, -0.2) is 0 Å². The Morgan fingerprint density at radius 2 is 0.690 bits per heavy atom. The van der Waals surface area contributed by atoms with Gasteiger partial charge in [0, 0.05) is 38.4 Å². The first kappa shape index (κ1) is 47.3. The Kier molecular flexibility index (Phi) is 10.8. The van der Waals surface area contributed by atoms with Crippen LogP contribution in [0.1, 0.15) is 5.56 Å². The maximum atomic E-state index is 12.4. The standard InChI is InChI=1S/C49H27B7O15/c1-11-28(50)39(61)27-26(35(11)57)46(68)45(67)25(36(27)58)18-22(42(64)49(71)47(69)30(18)52)23-31(53)40(62)24(44(66)43(23)65)16-20-17(29(51)32(54)33(55)37(20)59)15(19-21(16)38(60)34(56)48(70)41(19)63)14-9-5-8-13(10-14)12-6-3-2-4-7-12/h2-10,57-71H,1H3. The molecule has 15 N–H and O–H groups in total. The summed E-state index contributed by atoms with van der Waals surface area (Å²) >= 11 is 0. The molecule has 0 fully saturated rings. The summed E-state index contributed by atoms with van der Waals surface area (Å²) < 4.78 is 0. The van der Waals surface area contributed by atoms with Crippen molar-refractivity contribution in [3.05, 3.63) is 60.2 Å². The van der Waals surface area contributed by atoms with Gasteiger partial charge in [-0.15, -0.1) is 5.46 Å². The minimum absolute atomic E-state index is 0.147. The highest BCUT2D eigenvalue weighted by Gasteiger charge is 2.37. The average molecular weight is 931 g/mol. The molecule has 0 saturated carbocycles. The molecule has 9 aromatic rings. The van der Waals surface area contributed by atoms with Crippen LogP contribution in [0.3, 0.4) is 0 Å². The number of hydrogen-bond acceptors (Lipinski definition) is 15. The van der Waals surface area contributed by atoms with E-state index < -0.39 is 185 Å². The lowest BCUT2D eigenvalue weighted by atomic mass is 9.66. The molecular weight excluding hydrogens is 904 g/mol. The second kappa shape index (κ2) is 16.2. The second-order valence-corrected chi connectivity index (χ2v) is 16.6. The van der Waals surface area contributed by atoms with E-state index in [1.165, 1.54) is 13.0 Å². The van der Waals surface area contributed by atoms with E-state index in [4.69, 9.17) is 54.9 Å². The first-order valence-electron chi connectivity index (χ1n) is 20.6. The van der Waals surface area contributed by atoms with Crippen molar-refractivity contribution in [2.24, 2.45) is 0 Å². The van der Waals surface area contributed by atoms with Crippen LogP contribution in [0.2, 0.25) is 0 Å². The van der Waals surface area contributed by atoms with Gasteiger partial charge >= 0.3 is 0 Å². The van der Waals surface area contributed by atoms with Crippen LogP contribution in [0.25, 0.3) is 88.0 Å². The Labute approximate surface area is 409 Å². The molecule has 0 atom stereocenters. The molecule has 9 rings (SSSR count). The highest BCUT2D eigenvalue weighted by molar-refractivity contribution is 6.63. The Bertz CT molecular complexity index is 3810. The lowest BCUT2D eigenvalue weighted by molar-refractivity contribution is 0.370. The summed E-state index contributed by atoms with van der Waals surface area (Å²) in [5.41, 5.74) is -10.1. The Balaban J connectivity index is 1.48. The van der Waals surface area contributed by atoms with Crippen LogP contribution in [0.4, 0.5) is 0 Å². The molecule has 0 heterocycles. The summed E-state index contributed by atoms with van der Waals surface area (Å²) in [5, 5.41) is 171. The molecule has 334 valence electrons. The van der Waals surface area contributed by atoms with E-state index in [1.807, 2.05) is 0 Å². The smallest absolute Gasteiger partial charge is 0.200 e. The fourth-order valence-corrected chi connectivity index (χ4v) is 9.28. The SMILES string of the molecule is [B]c1c(O)c(-c2c3c(O)c([B])c([B])c([B])c3c(-c3cccc(-c4ccccc4)c3)c3c(O)c(O)c([B])c(O)c23)c(O)c(O)c1-c1c(O)c(O)c(O)c([B])c1-c1c(O)c(O)c2c(O)c(C)c([B])c(O)c2c1O. The molecule has 0 unspecified atom stereocenters. The summed E-state index contributed by atoms with van der Waals surface area (Å²) in [6, 6.07) is 15.4. The summed E-state index contributed by atoms with van der Waals surface area (Å²) in [7, 11) is 44.3. The molecule has 71 heavy (non-hydrogen) atoms. The lowest BCUT2D eigenvalue weighted by Gasteiger charge is -2.27. The molecule has 0 aromatic heterocycles. The molecule has 0 aliphatic rings. The van der Waals surface area contributed by atoms with Crippen molar-refractivity contribution in [1.29, 1.82) is 0 Å². The van der Waals surface area contributed by atoms with Crippen LogP contribution >= 0.6 is 0 Å². The van der Waals surface area contributed by atoms with Crippen molar-refractivity contribution >= 4 is 125 Å². The topological polar surface area (TPSA) is 303 Å². The lowest BCUT2D eigenvalue weighted by Crippen LogP contribution is -2.39. The highest BCUT2D eigenvalue weighted by Crippen LogP contribution is 2.61. The monoisotopic (exact) mass is 932 g/mol. The molecular formula is C49H27B7O15. The molecule has 0 amide bonds. The van der Waals surface area contributed by atoms with Gasteiger partial charge in [-0.1, -0.05) is 59.5 Å². The fourth-order valence-electron chi connectivity index (χ4n) is 9.28. The highest BCUT2D eigenvalue weighted by atomic mass is 16.3. The zero-order valence-corrected chi connectivity index (χ0v) is 36.4. The van der Waals surface area contributed by atoms with Gasteiger partial charge in [0.2, 0.25) is 0 Å². The van der Waals surface area contributed by atoms with E-state index in [1.54, 1.807) is 48.5 Å². The third-order valence-corrected chi connectivity index (χ3v) is 12.9. The van der Waals surface area contributed by atoms with Crippen molar-refractivity contribution in [1.82, 2.24) is 0 Å². The van der Waals surface area contributed by atoms with E-state index in [0.717, 1.165) is 0 Å². The van der Waals surface area contributed by atoms with Gasteiger partial charge in [0.15, 0.2) is 51.7 Å². The van der Waals surface area contributed by atoms with Gasteiger partial charge in [-0.05, 0) is 68.0 Å². The maximum absolute atomic E-state index is 12.4. The Morgan fingerprint density at radius 3 is 1.34 bits per heavy atom. The van der Waals surface area contributed by atoms with E-state index in [9.17, 15) is 76.6 Å². The maximum Gasteiger partial charge on any atom is 0.200 e. The molecule has 0 bridgehead atoms. The summed E-state index contributed by atoms with van der Waals surface area (Å²) in [6.07, 6.45) is 0. The minimum Gasteiger partial charge on any atom is -0.508 e. The van der Waals surface area contributed by atoms with Crippen LogP contribution in [0, 0.1) is 6.92 Å². The van der Waals surface area contributed by atoms with Gasteiger partial charge in [0.1, 0.15) is 89.4 Å². The third-order valence-electron chi connectivity index (χ3n) is 12.9. The molecule has 9 aromatic carbocycles. The van der Waals surface area contributed by atoms with Crippen LogP contribution < -0.4 is 38.2 Å². The normalized spacial score (nSPS) is 11.6. The fraction of sp³-hybridized carbons (Fsp3) is 0.0204. The Morgan fingerprint density at radius 1 is 0.239 bits per heavy atom. The number of fused-ring (bicyclic) bond motifs is 3. The quantitative estimate of drug-likeness (QED) is 0.0495. The van der Waals surface area contributed by atoms with E-state index in [2.05, 4.69) is 0 Å². The van der Waals surface area contributed by atoms with Crippen LogP contribution in [0.5, 0.6) is 86.2 Å². The average Bonchev–Trinajstić information content (AvgIpc) is 3.36. The molecule has 22 heteroatoms. The molecule has 15 nitrogen and oxygen atoms in total. The zero-order valence-electron chi connectivity index (χ0n) is 36.4. The summed E-state index contributed by atoms with van der Waals surface area (Å²) in [4.78, 5) is 0. The first-order valence-corrected chi connectivity index (χ1v) is 20.6. The third kappa shape index (κ3) is 6.26. The van der Waals surface area contributed by atoms with Gasteiger partial charge in [-0.3, -0.25) is 0 Å². The largest absolute Gasteiger partial charge is 0.508 e. The number of phenolic OH excluding ortho intramolecular Hbond substituents is 15. The number of hydrogen-bond donors (Lipinski definition) is 15. The van der Waals surface area contributed by atoms with Crippen LogP contribution in [-0.4, -0.2) is 132 Å². The predicted molar refractivity (Wildman–Crippen MR) is 274 cm³/mol. The van der Waals surface area contributed by atoms with Crippen LogP contribution in [-0.2, 0) is 0 Å². The molecule has 0 saturated heterocycles. The molecule has 0 aliphatic carbocycles. The summed E-state index contributed by atoms with van der Waals surface area (Å²) in [6.45, 7) is 1.22. The summed E-state index contributed by atoms with van der Waals surface area (Å²) in [5.74, 6) is -18.4. The number of phenols is 15. The van der Waals surface area contributed by atoms with Crippen molar-refractivity contribution in [2.75, 3.05) is 0 Å². The molecule has 14 radical (unpaired) electrons. The van der Waals surface area contributed by atoms with Crippen molar-refractivity contribution in [2.45, 2.75) is 6.92 Å². The molecule has 0 aliphatic heterocycles. The van der Waals surface area contributed by atoms with Crippen molar-refractivity contribution < 1.29 is 76.6 Å². The predicted octanol–water partition coefficient (Wildman–Crippen LogP) is 0.930. The second-order valence-electron chi connectivity index (χ2n) is 16.6. The van der Waals surface area contributed by atoms with E-state index in [0.29, 0.717) is 11.1 Å². The number of rotatable bonds is 5. The minimum atomic E-state index is -1.49. The first-order chi connectivity index (χ1) is 33.4. The van der Waals surface area contributed by atoms with Crippen molar-refractivity contribution in [3.63, 3.8) is 0 Å². The van der Waals surface area contributed by atoms with Gasteiger partial charge in [0.05, 0.1) is 21.9 Å². The number of aromatic hydroxyl groups is 15. The number of benzene rings is 9. The Hall–Kier alpha value is -8.79. The van der Waals surface area contributed by atoms with Crippen molar-refractivity contribution in [3.8, 4) is 142 Å². The van der Waals surface area contributed by atoms with Crippen LogP contribution in [0.15, 0.2) is 54.6 Å². The van der Waals surface area contributed by atoms with E-state index >= 15 is 0 Å². The van der Waals surface area contributed by atoms with Gasteiger partial charge in [0.25, 0.3) is 0 Å². The molecule has 0 spiro atoms. The van der Waals surface area contributed by atoms with E-state index in [-0.39, 0.29) is 22.1 Å².